The quantitative estimate of drug-likeness (QED) is 0.766. The van der Waals surface area contributed by atoms with E-state index in [1.165, 1.54) is 4.57 Å². The standard InChI is InChI=1S/C19H19N3O3/c1-12-6-5-8-15(13(12)2)20-17(23)10-11-22-16-9-4-3-7-14(16)18(24)21-19(22)25/h3-9H,10-11H2,1-2H3,(H,20,23)(H,21,24,25). The summed E-state index contributed by atoms with van der Waals surface area (Å²) in [5.74, 6) is -0.184. The molecule has 128 valence electrons. The minimum absolute atomic E-state index is 0.128. The molecule has 0 saturated carbocycles. The Kier molecular flexibility index (Phi) is 4.52. The lowest BCUT2D eigenvalue weighted by atomic mass is 10.1. The molecule has 0 aliphatic rings. The summed E-state index contributed by atoms with van der Waals surface area (Å²) in [5.41, 5.74) is 2.47. The first-order chi connectivity index (χ1) is 12.0. The first-order valence-corrected chi connectivity index (χ1v) is 8.05. The molecule has 0 aliphatic heterocycles. The predicted octanol–water partition coefficient (Wildman–Crippen LogP) is 2.34. The zero-order valence-electron chi connectivity index (χ0n) is 14.1. The molecule has 0 radical (unpaired) electrons. The van der Waals surface area contributed by atoms with Crippen LogP contribution >= 0.6 is 0 Å². The number of hydrogen-bond donors (Lipinski definition) is 2. The van der Waals surface area contributed by atoms with E-state index < -0.39 is 11.2 Å². The molecule has 6 heteroatoms. The van der Waals surface area contributed by atoms with Crippen molar-refractivity contribution in [3.05, 3.63) is 74.4 Å². The fourth-order valence-corrected chi connectivity index (χ4v) is 2.78. The predicted molar refractivity (Wildman–Crippen MR) is 98.0 cm³/mol. The molecule has 6 nitrogen and oxygen atoms in total. The van der Waals surface area contributed by atoms with Gasteiger partial charge in [-0.05, 0) is 43.2 Å². The average molecular weight is 337 g/mol. The number of para-hydroxylation sites is 1. The van der Waals surface area contributed by atoms with Crippen LogP contribution in [0.2, 0.25) is 0 Å². The fourth-order valence-electron chi connectivity index (χ4n) is 2.78. The highest BCUT2D eigenvalue weighted by atomic mass is 16.2. The van der Waals surface area contributed by atoms with Crippen LogP contribution in [0.5, 0.6) is 0 Å². The molecule has 25 heavy (non-hydrogen) atoms. The second-order valence-corrected chi connectivity index (χ2v) is 5.97. The highest BCUT2D eigenvalue weighted by molar-refractivity contribution is 5.91. The molecule has 2 N–H and O–H groups in total. The van der Waals surface area contributed by atoms with Crippen LogP contribution in [0.15, 0.2) is 52.1 Å². The molecule has 0 unspecified atom stereocenters. The Bertz CT molecular complexity index is 1060. The van der Waals surface area contributed by atoms with Crippen LogP contribution in [0, 0.1) is 13.8 Å². The lowest BCUT2D eigenvalue weighted by molar-refractivity contribution is -0.116. The first-order valence-electron chi connectivity index (χ1n) is 8.05. The van der Waals surface area contributed by atoms with Crippen molar-refractivity contribution in [1.29, 1.82) is 0 Å². The number of anilines is 1. The number of carbonyl (C=O) groups is 1. The molecule has 0 spiro atoms. The maximum absolute atomic E-state index is 12.3. The SMILES string of the molecule is Cc1cccc(NC(=O)CCn2c(=O)[nH]c(=O)c3ccccc32)c1C. The van der Waals surface area contributed by atoms with Gasteiger partial charge in [-0.3, -0.25) is 19.1 Å². The number of aryl methyl sites for hydroxylation is 2. The van der Waals surface area contributed by atoms with Gasteiger partial charge in [-0.1, -0.05) is 24.3 Å². The maximum atomic E-state index is 12.3. The number of benzene rings is 2. The summed E-state index contributed by atoms with van der Waals surface area (Å²) < 4.78 is 1.42. The molecule has 1 heterocycles. The van der Waals surface area contributed by atoms with Crippen molar-refractivity contribution < 1.29 is 4.79 Å². The molecule has 0 aliphatic carbocycles. The lowest BCUT2D eigenvalue weighted by Gasteiger charge is -2.12. The summed E-state index contributed by atoms with van der Waals surface area (Å²) in [7, 11) is 0. The van der Waals surface area contributed by atoms with Crippen molar-refractivity contribution in [3.8, 4) is 0 Å². The van der Waals surface area contributed by atoms with Crippen LogP contribution in [-0.4, -0.2) is 15.5 Å². The third kappa shape index (κ3) is 3.38. The highest BCUT2D eigenvalue weighted by Crippen LogP contribution is 2.18. The Morgan fingerprint density at radius 2 is 1.84 bits per heavy atom. The third-order valence-corrected chi connectivity index (χ3v) is 4.35. The number of H-pyrrole nitrogens is 1. The minimum Gasteiger partial charge on any atom is -0.326 e. The number of aromatic nitrogens is 2. The van der Waals surface area contributed by atoms with Crippen molar-refractivity contribution in [2.75, 3.05) is 5.32 Å². The van der Waals surface area contributed by atoms with Gasteiger partial charge in [0, 0.05) is 18.7 Å². The van der Waals surface area contributed by atoms with E-state index >= 15 is 0 Å². The van der Waals surface area contributed by atoms with Gasteiger partial charge >= 0.3 is 5.69 Å². The van der Waals surface area contributed by atoms with Gasteiger partial charge in [-0.2, -0.15) is 0 Å². The maximum Gasteiger partial charge on any atom is 0.328 e. The van der Waals surface area contributed by atoms with Crippen molar-refractivity contribution in [2.45, 2.75) is 26.8 Å². The fraction of sp³-hybridized carbons (Fsp3) is 0.211. The molecular weight excluding hydrogens is 318 g/mol. The van der Waals surface area contributed by atoms with Gasteiger partial charge in [0.15, 0.2) is 0 Å². The Morgan fingerprint density at radius 1 is 1.08 bits per heavy atom. The van der Waals surface area contributed by atoms with E-state index in [1.54, 1.807) is 24.3 Å². The summed E-state index contributed by atoms with van der Waals surface area (Å²) in [4.78, 5) is 38.5. The van der Waals surface area contributed by atoms with E-state index in [2.05, 4.69) is 10.3 Å². The number of fused-ring (bicyclic) bond motifs is 1. The van der Waals surface area contributed by atoms with E-state index in [0.717, 1.165) is 16.8 Å². The molecule has 3 aromatic rings. The number of hydrogen-bond acceptors (Lipinski definition) is 3. The number of rotatable bonds is 4. The monoisotopic (exact) mass is 337 g/mol. The molecule has 1 amide bonds. The molecular formula is C19H19N3O3. The van der Waals surface area contributed by atoms with Crippen LogP contribution in [0.1, 0.15) is 17.5 Å². The number of amides is 1. The Morgan fingerprint density at radius 3 is 2.64 bits per heavy atom. The van der Waals surface area contributed by atoms with E-state index in [-0.39, 0.29) is 18.9 Å². The van der Waals surface area contributed by atoms with E-state index in [9.17, 15) is 14.4 Å². The Labute approximate surface area is 144 Å². The van der Waals surface area contributed by atoms with Gasteiger partial charge in [-0.15, -0.1) is 0 Å². The summed E-state index contributed by atoms with van der Waals surface area (Å²) in [5, 5.41) is 3.30. The number of aromatic amines is 1. The van der Waals surface area contributed by atoms with Gasteiger partial charge in [0.1, 0.15) is 0 Å². The Hall–Kier alpha value is -3.15. The van der Waals surface area contributed by atoms with E-state index in [1.807, 2.05) is 32.0 Å². The number of carbonyl (C=O) groups excluding carboxylic acids is 1. The molecule has 1 aromatic heterocycles. The van der Waals surface area contributed by atoms with Crippen molar-refractivity contribution in [2.24, 2.45) is 0 Å². The van der Waals surface area contributed by atoms with Crippen LogP contribution in [0.4, 0.5) is 5.69 Å². The normalized spacial score (nSPS) is 10.8. The largest absolute Gasteiger partial charge is 0.328 e. The zero-order valence-corrected chi connectivity index (χ0v) is 14.1. The van der Waals surface area contributed by atoms with Crippen LogP contribution in [-0.2, 0) is 11.3 Å². The minimum atomic E-state index is -0.511. The van der Waals surface area contributed by atoms with Gasteiger partial charge in [0.25, 0.3) is 5.56 Å². The second kappa shape index (κ2) is 6.76. The van der Waals surface area contributed by atoms with Crippen molar-refractivity contribution >= 4 is 22.5 Å². The van der Waals surface area contributed by atoms with Gasteiger partial charge in [0.05, 0.1) is 10.9 Å². The van der Waals surface area contributed by atoms with E-state index in [0.29, 0.717) is 10.9 Å². The van der Waals surface area contributed by atoms with Crippen molar-refractivity contribution in [3.63, 3.8) is 0 Å². The van der Waals surface area contributed by atoms with Crippen LogP contribution in [0.3, 0.4) is 0 Å². The topological polar surface area (TPSA) is 84.0 Å². The summed E-state index contributed by atoms with van der Waals surface area (Å²) in [6.07, 6.45) is 0.128. The zero-order chi connectivity index (χ0) is 18.0. The Balaban J connectivity index is 1.81. The summed E-state index contributed by atoms with van der Waals surface area (Å²) >= 11 is 0. The number of nitrogens with zero attached hydrogens (tertiary/aromatic N) is 1. The van der Waals surface area contributed by atoms with Gasteiger partial charge in [-0.25, -0.2) is 4.79 Å². The van der Waals surface area contributed by atoms with Crippen molar-refractivity contribution in [1.82, 2.24) is 9.55 Å². The smallest absolute Gasteiger partial charge is 0.326 e. The van der Waals surface area contributed by atoms with Crippen LogP contribution in [0.25, 0.3) is 10.9 Å². The van der Waals surface area contributed by atoms with Crippen LogP contribution < -0.4 is 16.6 Å². The molecule has 0 fully saturated rings. The second-order valence-electron chi connectivity index (χ2n) is 5.97. The van der Waals surface area contributed by atoms with Gasteiger partial charge < -0.3 is 5.32 Å². The average Bonchev–Trinajstić information content (AvgIpc) is 2.59. The summed E-state index contributed by atoms with van der Waals surface area (Å²) in [6.45, 7) is 4.12. The molecule has 2 aromatic carbocycles. The molecule has 0 atom stereocenters. The molecule has 3 rings (SSSR count). The summed E-state index contributed by atoms with van der Waals surface area (Å²) in [6, 6.07) is 12.6. The number of nitrogens with one attached hydrogen (secondary N) is 2. The molecule has 0 bridgehead atoms. The highest BCUT2D eigenvalue weighted by Gasteiger charge is 2.10. The molecule has 0 saturated heterocycles. The first kappa shape index (κ1) is 16.7. The third-order valence-electron chi connectivity index (χ3n) is 4.35. The lowest BCUT2D eigenvalue weighted by Crippen LogP contribution is -2.31. The van der Waals surface area contributed by atoms with Gasteiger partial charge in [0.2, 0.25) is 5.91 Å². The van der Waals surface area contributed by atoms with E-state index in [4.69, 9.17) is 0 Å².